The molecule has 3 nitrogen and oxygen atoms in total. The van der Waals surface area contributed by atoms with Crippen LogP contribution in [0.1, 0.15) is 21.5 Å². The molecule has 1 aromatic rings. The van der Waals surface area contributed by atoms with E-state index >= 15 is 0 Å². The highest BCUT2D eigenvalue weighted by Gasteiger charge is 2.39. The number of hydrogen-bond acceptors (Lipinski definition) is 3. The highest BCUT2D eigenvalue weighted by molar-refractivity contribution is 9.09. The number of carbonyl (C=O) groups is 1. The van der Waals surface area contributed by atoms with Gasteiger partial charge in [0.1, 0.15) is 17.4 Å². The number of phenolic OH excluding ortho intramolecular Hbond substituents is 1. The molecule has 0 spiro atoms. The summed E-state index contributed by atoms with van der Waals surface area (Å²) in [5.74, 6) is -2.04. The Balaban J connectivity index is 3.60. The Morgan fingerprint density at radius 3 is 2.47 bits per heavy atom. The number of aromatic hydroxyl groups is 1. The maximum atomic E-state index is 12.7. The van der Waals surface area contributed by atoms with Gasteiger partial charge in [0.05, 0.1) is 10.9 Å². The lowest BCUT2D eigenvalue weighted by Gasteiger charge is -2.13. The summed E-state index contributed by atoms with van der Waals surface area (Å²) in [4.78, 5) is 11.3. The Bertz CT molecular complexity index is 505. The third-order valence-electron chi connectivity index (χ3n) is 2.00. The summed E-state index contributed by atoms with van der Waals surface area (Å²) in [5, 5.41) is 17.6. The summed E-state index contributed by atoms with van der Waals surface area (Å²) in [6.45, 7) is 0. The second kappa shape index (κ2) is 4.75. The fourth-order valence-corrected chi connectivity index (χ4v) is 1.57. The van der Waals surface area contributed by atoms with Crippen molar-refractivity contribution >= 4 is 21.7 Å². The Morgan fingerprint density at radius 1 is 1.47 bits per heavy atom. The minimum Gasteiger partial charge on any atom is -0.506 e. The van der Waals surface area contributed by atoms with E-state index in [0.717, 1.165) is 12.1 Å². The number of Topliss-reactive ketones (excluding diaryl/α,β-unsaturated/α-hetero) is 1. The zero-order valence-corrected chi connectivity index (χ0v) is 9.76. The first kappa shape index (κ1) is 13.5. The van der Waals surface area contributed by atoms with Crippen LogP contribution in [0.5, 0.6) is 5.75 Å². The van der Waals surface area contributed by atoms with Crippen molar-refractivity contribution in [2.45, 2.75) is 6.18 Å². The number of alkyl halides is 4. The lowest BCUT2D eigenvalue weighted by atomic mass is 9.99. The predicted molar refractivity (Wildman–Crippen MR) is 55.9 cm³/mol. The molecule has 0 aromatic heterocycles. The first-order valence-corrected chi connectivity index (χ1v) is 5.37. The molecule has 0 aliphatic heterocycles. The van der Waals surface area contributed by atoms with Crippen LogP contribution in [0.2, 0.25) is 0 Å². The highest BCUT2D eigenvalue weighted by atomic mass is 79.9. The SMILES string of the molecule is N#Cc1ccc(C(=O)CBr)c(C(F)(F)F)c1O. The number of phenols is 1. The number of nitriles is 1. The van der Waals surface area contributed by atoms with Gasteiger partial charge >= 0.3 is 6.18 Å². The molecule has 0 aliphatic carbocycles. The quantitative estimate of drug-likeness (QED) is 0.675. The molecule has 1 aromatic carbocycles. The van der Waals surface area contributed by atoms with Gasteiger partial charge in [0, 0.05) is 5.56 Å². The van der Waals surface area contributed by atoms with Crippen molar-refractivity contribution in [3.63, 3.8) is 0 Å². The van der Waals surface area contributed by atoms with E-state index in [1.165, 1.54) is 6.07 Å². The van der Waals surface area contributed by atoms with Crippen LogP contribution >= 0.6 is 15.9 Å². The molecule has 0 amide bonds. The molecule has 0 radical (unpaired) electrons. The topological polar surface area (TPSA) is 61.1 Å². The third kappa shape index (κ3) is 2.58. The zero-order chi connectivity index (χ0) is 13.2. The normalized spacial score (nSPS) is 11.0. The van der Waals surface area contributed by atoms with Gasteiger partial charge < -0.3 is 5.11 Å². The van der Waals surface area contributed by atoms with Crippen LogP contribution in [0.15, 0.2) is 12.1 Å². The van der Waals surface area contributed by atoms with Gasteiger partial charge in [0.2, 0.25) is 0 Å². The van der Waals surface area contributed by atoms with Gasteiger partial charge in [-0.1, -0.05) is 15.9 Å². The summed E-state index contributed by atoms with van der Waals surface area (Å²) < 4.78 is 38.1. The van der Waals surface area contributed by atoms with Gasteiger partial charge in [0.15, 0.2) is 5.78 Å². The standard InChI is InChI=1S/C10H5BrF3NO2/c11-3-7(16)6-2-1-5(4-15)9(17)8(6)10(12,13)14/h1-2,17H,3H2. The van der Waals surface area contributed by atoms with Gasteiger partial charge in [-0.2, -0.15) is 18.4 Å². The smallest absolute Gasteiger partial charge is 0.420 e. The second-order valence-corrected chi connectivity index (χ2v) is 3.61. The minimum absolute atomic E-state index is 0.304. The molecule has 0 saturated carbocycles. The first-order valence-electron chi connectivity index (χ1n) is 4.25. The van der Waals surface area contributed by atoms with E-state index in [1.54, 1.807) is 0 Å². The number of carbonyl (C=O) groups excluding carboxylic acids is 1. The van der Waals surface area contributed by atoms with Crippen molar-refractivity contribution < 1.29 is 23.1 Å². The van der Waals surface area contributed by atoms with E-state index < -0.39 is 34.4 Å². The van der Waals surface area contributed by atoms with Crippen LogP contribution in [0.3, 0.4) is 0 Å². The largest absolute Gasteiger partial charge is 0.506 e. The molecule has 7 heteroatoms. The molecule has 0 fully saturated rings. The van der Waals surface area contributed by atoms with Gasteiger partial charge in [-0.05, 0) is 12.1 Å². The highest BCUT2D eigenvalue weighted by Crippen LogP contribution is 2.40. The molecule has 17 heavy (non-hydrogen) atoms. The van der Waals surface area contributed by atoms with Crippen molar-refractivity contribution in [1.82, 2.24) is 0 Å². The maximum Gasteiger partial charge on any atom is 0.420 e. The molecule has 0 aliphatic rings. The first-order chi connectivity index (χ1) is 7.82. The van der Waals surface area contributed by atoms with Crippen LogP contribution < -0.4 is 0 Å². The number of rotatable bonds is 2. The maximum absolute atomic E-state index is 12.7. The average Bonchev–Trinajstić information content (AvgIpc) is 2.25. The van der Waals surface area contributed by atoms with Gasteiger partial charge in [-0.3, -0.25) is 4.79 Å². The molecule has 1 rings (SSSR count). The van der Waals surface area contributed by atoms with Crippen LogP contribution in [0.25, 0.3) is 0 Å². The monoisotopic (exact) mass is 307 g/mol. The van der Waals surface area contributed by atoms with E-state index in [9.17, 15) is 23.1 Å². The fraction of sp³-hybridized carbons (Fsp3) is 0.200. The zero-order valence-electron chi connectivity index (χ0n) is 8.18. The molecular formula is C10H5BrF3NO2. The summed E-state index contributed by atoms with van der Waals surface area (Å²) in [6, 6.07) is 3.27. The summed E-state index contributed by atoms with van der Waals surface area (Å²) in [5.41, 5.74) is -2.66. The van der Waals surface area contributed by atoms with Gasteiger partial charge in [0.25, 0.3) is 0 Å². The van der Waals surface area contributed by atoms with E-state index in [0.29, 0.717) is 0 Å². The molecule has 0 unspecified atom stereocenters. The number of benzene rings is 1. The molecule has 90 valence electrons. The summed E-state index contributed by atoms with van der Waals surface area (Å²) >= 11 is 2.75. The summed E-state index contributed by atoms with van der Waals surface area (Å²) in [7, 11) is 0. The number of nitrogens with zero attached hydrogens (tertiary/aromatic N) is 1. The molecule has 0 bridgehead atoms. The number of ketones is 1. The number of halogens is 4. The molecule has 1 N–H and O–H groups in total. The van der Waals surface area contributed by atoms with Crippen molar-refractivity contribution in [3.8, 4) is 11.8 Å². The third-order valence-corrected chi connectivity index (χ3v) is 2.51. The minimum atomic E-state index is -4.90. The summed E-state index contributed by atoms with van der Waals surface area (Å²) in [6.07, 6.45) is -4.90. The molecule has 0 heterocycles. The lowest BCUT2D eigenvalue weighted by molar-refractivity contribution is -0.139. The average molecular weight is 308 g/mol. The van der Waals surface area contributed by atoms with E-state index in [-0.39, 0.29) is 5.33 Å². The lowest BCUT2D eigenvalue weighted by Crippen LogP contribution is -2.14. The second-order valence-electron chi connectivity index (χ2n) is 3.05. The van der Waals surface area contributed by atoms with Crippen LogP contribution in [0.4, 0.5) is 13.2 Å². The van der Waals surface area contributed by atoms with Gasteiger partial charge in [-0.25, -0.2) is 0 Å². The van der Waals surface area contributed by atoms with Gasteiger partial charge in [-0.15, -0.1) is 0 Å². The van der Waals surface area contributed by atoms with Crippen molar-refractivity contribution in [2.75, 3.05) is 5.33 Å². The van der Waals surface area contributed by atoms with Crippen LogP contribution in [0, 0.1) is 11.3 Å². The van der Waals surface area contributed by atoms with E-state index in [1.807, 2.05) is 0 Å². The van der Waals surface area contributed by atoms with E-state index in [2.05, 4.69) is 15.9 Å². The van der Waals surface area contributed by atoms with Crippen molar-refractivity contribution in [1.29, 1.82) is 5.26 Å². The molecular weight excluding hydrogens is 303 g/mol. The number of hydrogen-bond donors (Lipinski definition) is 1. The van der Waals surface area contributed by atoms with E-state index in [4.69, 9.17) is 5.26 Å². The molecule has 0 saturated heterocycles. The van der Waals surface area contributed by atoms with Crippen molar-refractivity contribution in [3.05, 3.63) is 28.8 Å². The Labute approximate surface area is 103 Å². The van der Waals surface area contributed by atoms with Crippen LogP contribution in [-0.2, 0) is 6.18 Å². The Morgan fingerprint density at radius 2 is 2.06 bits per heavy atom. The Hall–Kier alpha value is -1.55. The van der Waals surface area contributed by atoms with Crippen LogP contribution in [-0.4, -0.2) is 16.2 Å². The molecule has 0 atom stereocenters. The fourth-order valence-electron chi connectivity index (χ4n) is 1.27. The Kier molecular flexibility index (Phi) is 3.78. The predicted octanol–water partition coefficient (Wildman–Crippen LogP) is 2.86. The van der Waals surface area contributed by atoms with Crippen molar-refractivity contribution in [2.24, 2.45) is 0 Å².